The first-order valence-electron chi connectivity index (χ1n) is 8.54. The summed E-state index contributed by atoms with van der Waals surface area (Å²) in [6, 6.07) is 16.3. The zero-order chi connectivity index (χ0) is 19.1. The molecule has 0 radical (unpaired) electrons. The third-order valence-electron chi connectivity index (χ3n) is 3.90. The Balaban J connectivity index is 1.61. The Bertz CT molecular complexity index is 962. The maximum absolute atomic E-state index is 12.4. The predicted molar refractivity (Wildman–Crippen MR) is 108 cm³/mol. The molecule has 0 spiro atoms. The monoisotopic (exact) mass is 360 g/mol. The van der Waals surface area contributed by atoms with E-state index in [1.165, 1.54) is 0 Å². The Labute approximate surface area is 157 Å². The molecule has 2 aromatic carbocycles. The van der Waals surface area contributed by atoms with Crippen LogP contribution in [0, 0.1) is 0 Å². The van der Waals surface area contributed by atoms with Gasteiger partial charge in [-0.25, -0.2) is 4.79 Å². The molecule has 3 rings (SSSR count). The number of hydrogen-bond acceptors (Lipinski definition) is 3. The summed E-state index contributed by atoms with van der Waals surface area (Å²) in [5, 5.41) is 9.19. The summed E-state index contributed by atoms with van der Waals surface area (Å²) < 4.78 is 0. The standard InChI is InChI=1S/C21H20N4O2/c1-2-12-23-21(27)25-18-10-8-17(9-11-18)24-19(26)14-16-6-3-5-15-7-4-13-22-20(15)16/h2-11,13H,1,12,14H2,(H,24,26)(H2,23,25,27). The highest BCUT2D eigenvalue weighted by Gasteiger charge is 2.08. The highest BCUT2D eigenvalue weighted by atomic mass is 16.2. The maximum atomic E-state index is 12.4. The van der Waals surface area contributed by atoms with Crippen molar-refractivity contribution >= 4 is 34.2 Å². The summed E-state index contributed by atoms with van der Waals surface area (Å²) in [7, 11) is 0. The van der Waals surface area contributed by atoms with Crippen LogP contribution < -0.4 is 16.0 Å². The van der Waals surface area contributed by atoms with Crippen molar-refractivity contribution < 1.29 is 9.59 Å². The van der Waals surface area contributed by atoms with E-state index in [4.69, 9.17) is 0 Å². The predicted octanol–water partition coefficient (Wildman–Crippen LogP) is 3.72. The lowest BCUT2D eigenvalue weighted by molar-refractivity contribution is -0.115. The first-order valence-corrected chi connectivity index (χ1v) is 8.54. The first kappa shape index (κ1) is 18.1. The lowest BCUT2D eigenvalue weighted by Crippen LogP contribution is -2.28. The number of urea groups is 1. The molecule has 0 unspecified atom stereocenters. The molecule has 3 aromatic rings. The molecule has 6 heteroatoms. The molecule has 0 aliphatic carbocycles. The van der Waals surface area contributed by atoms with Gasteiger partial charge in [0.25, 0.3) is 0 Å². The fourth-order valence-electron chi connectivity index (χ4n) is 2.67. The van der Waals surface area contributed by atoms with Gasteiger partial charge in [-0.15, -0.1) is 6.58 Å². The van der Waals surface area contributed by atoms with Crippen LogP contribution in [0.25, 0.3) is 10.9 Å². The molecule has 0 aliphatic rings. The number of amides is 3. The smallest absolute Gasteiger partial charge is 0.319 e. The van der Waals surface area contributed by atoms with Crippen LogP contribution in [0.4, 0.5) is 16.2 Å². The van der Waals surface area contributed by atoms with Crippen LogP contribution in [-0.4, -0.2) is 23.5 Å². The normalized spacial score (nSPS) is 10.2. The minimum atomic E-state index is -0.310. The van der Waals surface area contributed by atoms with Gasteiger partial charge in [-0.3, -0.25) is 9.78 Å². The zero-order valence-corrected chi connectivity index (χ0v) is 14.7. The highest BCUT2D eigenvalue weighted by molar-refractivity contribution is 5.95. The molecule has 0 atom stereocenters. The summed E-state index contributed by atoms with van der Waals surface area (Å²) in [6.07, 6.45) is 3.56. The van der Waals surface area contributed by atoms with E-state index in [-0.39, 0.29) is 18.4 Å². The van der Waals surface area contributed by atoms with E-state index in [0.29, 0.717) is 17.9 Å². The molecule has 6 nitrogen and oxygen atoms in total. The van der Waals surface area contributed by atoms with Crippen molar-refractivity contribution in [3.8, 4) is 0 Å². The summed E-state index contributed by atoms with van der Waals surface area (Å²) in [6.45, 7) is 3.93. The highest BCUT2D eigenvalue weighted by Crippen LogP contribution is 2.18. The van der Waals surface area contributed by atoms with Crippen molar-refractivity contribution in [3.63, 3.8) is 0 Å². The van der Waals surface area contributed by atoms with Crippen molar-refractivity contribution in [1.82, 2.24) is 10.3 Å². The molecule has 27 heavy (non-hydrogen) atoms. The quantitative estimate of drug-likeness (QED) is 0.586. The van der Waals surface area contributed by atoms with Gasteiger partial charge >= 0.3 is 6.03 Å². The number of aromatic nitrogens is 1. The molecular weight excluding hydrogens is 340 g/mol. The van der Waals surface area contributed by atoms with Crippen molar-refractivity contribution in [2.45, 2.75) is 6.42 Å². The van der Waals surface area contributed by atoms with Gasteiger partial charge in [0.05, 0.1) is 11.9 Å². The number of carbonyl (C=O) groups excluding carboxylic acids is 2. The number of carbonyl (C=O) groups is 2. The molecule has 136 valence electrons. The Hall–Kier alpha value is -3.67. The van der Waals surface area contributed by atoms with Crippen molar-refractivity contribution in [2.24, 2.45) is 0 Å². The van der Waals surface area contributed by atoms with Crippen LogP contribution >= 0.6 is 0 Å². The number of anilines is 2. The van der Waals surface area contributed by atoms with Gasteiger partial charge in [-0.2, -0.15) is 0 Å². The van der Waals surface area contributed by atoms with E-state index in [2.05, 4.69) is 27.5 Å². The van der Waals surface area contributed by atoms with Gasteiger partial charge in [-0.1, -0.05) is 30.3 Å². The van der Waals surface area contributed by atoms with Crippen LogP contribution in [0.2, 0.25) is 0 Å². The fraction of sp³-hybridized carbons (Fsp3) is 0.0952. The van der Waals surface area contributed by atoms with Crippen molar-refractivity contribution in [3.05, 3.63) is 79.0 Å². The average Bonchev–Trinajstić information content (AvgIpc) is 2.68. The second-order valence-electron chi connectivity index (χ2n) is 5.92. The van der Waals surface area contributed by atoms with E-state index in [1.807, 2.05) is 30.3 Å². The van der Waals surface area contributed by atoms with Gasteiger partial charge in [0.15, 0.2) is 0 Å². The molecule has 0 bridgehead atoms. The molecule has 0 aliphatic heterocycles. The summed E-state index contributed by atoms with van der Waals surface area (Å²) in [4.78, 5) is 28.3. The molecule has 0 saturated heterocycles. The number of nitrogens with one attached hydrogen (secondary N) is 3. The summed E-state index contributed by atoms with van der Waals surface area (Å²) >= 11 is 0. The Kier molecular flexibility index (Phi) is 5.79. The van der Waals surface area contributed by atoms with E-state index in [0.717, 1.165) is 16.5 Å². The molecule has 3 amide bonds. The van der Waals surface area contributed by atoms with Gasteiger partial charge in [0.1, 0.15) is 0 Å². The van der Waals surface area contributed by atoms with Crippen molar-refractivity contribution in [2.75, 3.05) is 17.2 Å². The van der Waals surface area contributed by atoms with Crippen LogP contribution in [0.1, 0.15) is 5.56 Å². The third-order valence-corrected chi connectivity index (χ3v) is 3.90. The van der Waals surface area contributed by atoms with Crippen LogP contribution in [0.5, 0.6) is 0 Å². The fourth-order valence-corrected chi connectivity index (χ4v) is 2.67. The van der Waals surface area contributed by atoms with E-state index in [9.17, 15) is 9.59 Å². The number of para-hydroxylation sites is 1. The molecule has 1 heterocycles. The van der Waals surface area contributed by atoms with Gasteiger partial charge in [-0.05, 0) is 35.9 Å². The topological polar surface area (TPSA) is 83.1 Å². The Morgan fingerprint density at radius 3 is 2.41 bits per heavy atom. The second-order valence-corrected chi connectivity index (χ2v) is 5.92. The Morgan fingerprint density at radius 2 is 1.67 bits per heavy atom. The second kappa shape index (κ2) is 8.62. The van der Waals surface area contributed by atoms with E-state index < -0.39 is 0 Å². The van der Waals surface area contributed by atoms with Crippen molar-refractivity contribution in [1.29, 1.82) is 0 Å². The maximum Gasteiger partial charge on any atom is 0.319 e. The van der Waals surface area contributed by atoms with E-state index in [1.54, 1.807) is 36.5 Å². The average molecular weight is 360 g/mol. The lowest BCUT2D eigenvalue weighted by atomic mass is 10.1. The summed E-state index contributed by atoms with van der Waals surface area (Å²) in [5.74, 6) is -0.127. The molecule has 0 fully saturated rings. The minimum absolute atomic E-state index is 0.127. The van der Waals surface area contributed by atoms with Crippen LogP contribution in [-0.2, 0) is 11.2 Å². The number of benzene rings is 2. The number of rotatable bonds is 6. The zero-order valence-electron chi connectivity index (χ0n) is 14.7. The number of nitrogens with zero attached hydrogens (tertiary/aromatic N) is 1. The number of fused-ring (bicyclic) bond motifs is 1. The first-order chi connectivity index (χ1) is 13.2. The third kappa shape index (κ3) is 4.92. The van der Waals surface area contributed by atoms with Gasteiger partial charge < -0.3 is 16.0 Å². The Morgan fingerprint density at radius 1 is 0.963 bits per heavy atom. The van der Waals surface area contributed by atoms with Crippen LogP contribution in [0.3, 0.4) is 0 Å². The molecule has 3 N–H and O–H groups in total. The van der Waals surface area contributed by atoms with Crippen LogP contribution in [0.15, 0.2) is 73.4 Å². The van der Waals surface area contributed by atoms with Gasteiger partial charge in [0.2, 0.25) is 5.91 Å². The number of pyridine rings is 1. The minimum Gasteiger partial charge on any atom is -0.334 e. The van der Waals surface area contributed by atoms with Gasteiger partial charge in [0, 0.05) is 29.5 Å². The SMILES string of the molecule is C=CCNC(=O)Nc1ccc(NC(=O)Cc2cccc3cccnc23)cc1. The molecule has 1 aromatic heterocycles. The lowest BCUT2D eigenvalue weighted by Gasteiger charge is -2.09. The summed E-state index contributed by atoms with van der Waals surface area (Å²) in [5.41, 5.74) is 3.00. The largest absolute Gasteiger partial charge is 0.334 e. The molecular formula is C21H20N4O2. The van der Waals surface area contributed by atoms with E-state index >= 15 is 0 Å². The molecule has 0 saturated carbocycles. The number of hydrogen-bond donors (Lipinski definition) is 3.